The topological polar surface area (TPSA) is 38.7 Å². The number of nitrogens with one attached hydrogen (secondary N) is 1. The van der Waals surface area contributed by atoms with E-state index in [4.69, 9.17) is 0 Å². The van der Waals surface area contributed by atoms with E-state index < -0.39 is 0 Å². The summed E-state index contributed by atoms with van der Waals surface area (Å²) in [5.41, 5.74) is -0.0683. The highest BCUT2D eigenvalue weighted by molar-refractivity contribution is 4.86. The fraction of sp³-hybridized carbons (Fsp3) is 1.00. The molecule has 1 aliphatic heterocycles. The number of likely N-dealkylation sites (tertiary alicyclic amines) is 1. The molecule has 0 aromatic rings. The Morgan fingerprint density at radius 2 is 1.90 bits per heavy atom. The van der Waals surface area contributed by atoms with Gasteiger partial charge in [-0.25, -0.2) is 0 Å². The van der Waals surface area contributed by atoms with Gasteiger partial charge in [0.15, 0.2) is 0 Å². The molecule has 0 saturated carbocycles. The summed E-state index contributed by atoms with van der Waals surface area (Å²) in [6, 6.07) is 0.747. The first kappa shape index (κ1) is 18.9. The lowest BCUT2D eigenvalue weighted by Gasteiger charge is -2.37. The maximum Gasteiger partial charge on any atom is 0.0613 e. The molecule has 0 bridgehead atoms. The van der Waals surface area contributed by atoms with E-state index in [1.807, 2.05) is 0 Å². The summed E-state index contributed by atoms with van der Waals surface area (Å²) in [5.74, 6) is 0. The second kappa shape index (κ2) is 9.78. The summed E-state index contributed by atoms with van der Waals surface area (Å²) >= 11 is 0. The van der Waals surface area contributed by atoms with Gasteiger partial charge in [-0.2, -0.15) is 0 Å². The number of piperidine rings is 1. The molecule has 4 nitrogen and oxygen atoms in total. The molecule has 4 heteroatoms. The van der Waals surface area contributed by atoms with Crippen LogP contribution in [0.15, 0.2) is 0 Å². The van der Waals surface area contributed by atoms with E-state index >= 15 is 0 Å². The number of rotatable bonds is 10. The zero-order chi connectivity index (χ0) is 15.7. The third kappa shape index (κ3) is 5.85. The molecule has 0 amide bonds. The highest BCUT2D eigenvalue weighted by Gasteiger charge is 2.26. The highest BCUT2D eigenvalue weighted by Crippen LogP contribution is 2.19. The van der Waals surface area contributed by atoms with Gasteiger partial charge in [0.25, 0.3) is 0 Å². The normalized spacial score (nSPS) is 20.9. The van der Waals surface area contributed by atoms with Gasteiger partial charge in [0.2, 0.25) is 0 Å². The number of hydrogen-bond acceptors (Lipinski definition) is 4. The Balaban J connectivity index is 2.30. The standard InChI is InChI=1S/C17H37N3O/c1-5-17(15-21,18-6-2)11-8-12-19(4)16-9-13-20(7-3)14-10-16/h16,18,21H,5-15H2,1-4H3. The van der Waals surface area contributed by atoms with Crippen molar-refractivity contribution in [2.45, 2.75) is 64.5 Å². The van der Waals surface area contributed by atoms with Crippen LogP contribution in [0.5, 0.6) is 0 Å². The van der Waals surface area contributed by atoms with Gasteiger partial charge in [-0.1, -0.05) is 20.8 Å². The van der Waals surface area contributed by atoms with Gasteiger partial charge < -0.3 is 20.2 Å². The number of aliphatic hydroxyl groups is 1. The lowest BCUT2D eigenvalue weighted by atomic mass is 9.91. The van der Waals surface area contributed by atoms with Crippen molar-refractivity contribution in [1.29, 1.82) is 0 Å². The fourth-order valence-electron chi connectivity index (χ4n) is 3.54. The van der Waals surface area contributed by atoms with Gasteiger partial charge in [-0.3, -0.25) is 0 Å². The SMILES string of the molecule is CCNC(CC)(CO)CCCN(C)C1CCN(CC)CC1. The molecule has 126 valence electrons. The first-order valence-corrected chi connectivity index (χ1v) is 8.89. The van der Waals surface area contributed by atoms with Crippen LogP contribution in [0, 0.1) is 0 Å². The second-order valence-corrected chi connectivity index (χ2v) is 6.57. The molecule has 1 aliphatic rings. The van der Waals surface area contributed by atoms with Crippen molar-refractivity contribution in [3.05, 3.63) is 0 Å². The number of likely N-dealkylation sites (N-methyl/N-ethyl adjacent to an activating group) is 1. The van der Waals surface area contributed by atoms with Crippen LogP contribution in [0.25, 0.3) is 0 Å². The van der Waals surface area contributed by atoms with Gasteiger partial charge in [-0.15, -0.1) is 0 Å². The maximum atomic E-state index is 9.70. The molecule has 21 heavy (non-hydrogen) atoms. The molecular weight excluding hydrogens is 262 g/mol. The third-order valence-corrected chi connectivity index (χ3v) is 5.33. The molecule has 1 saturated heterocycles. The van der Waals surface area contributed by atoms with Crippen molar-refractivity contribution in [2.75, 3.05) is 46.4 Å². The molecule has 1 unspecified atom stereocenters. The lowest BCUT2D eigenvalue weighted by molar-refractivity contribution is 0.116. The molecule has 2 N–H and O–H groups in total. The summed E-state index contributed by atoms with van der Waals surface area (Å²) in [6.07, 6.45) is 5.82. The van der Waals surface area contributed by atoms with Crippen molar-refractivity contribution in [3.63, 3.8) is 0 Å². The van der Waals surface area contributed by atoms with Crippen LogP contribution in [0.1, 0.15) is 52.9 Å². The van der Waals surface area contributed by atoms with Crippen LogP contribution in [0.4, 0.5) is 0 Å². The van der Waals surface area contributed by atoms with Crippen LogP contribution in [-0.4, -0.2) is 72.9 Å². The predicted molar refractivity (Wildman–Crippen MR) is 90.8 cm³/mol. The highest BCUT2D eigenvalue weighted by atomic mass is 16.3. The summed E-state index contributed by atoms with van der Waals surface area (Å²) in [7, 11) is 2.27. The number of aliphatic hydroxyl groups excluding tert-OH is 1. The van der Waals surface area contributed by atoms with Crippen LogP contribution >= 0.6 is 0 Å². The molecule has 0 aromatic heterocycles. The maximum absolute atomic E-state index is 9.70. The van der Waals surface area contributed by atoms with E-state index in [-0.39, 0.29) is 12.1 Å². The largest absolute Gasteiger partial charge is 0.394 e. The van der Waals surface area contributed by atoms with Crippen molar-refractivity contribution < 1.29 is 5.11 Å². The monoisotopic (exact) mass is 299 g/mol. The molecule has 0 aliphatic carbocycles. The predicted octanol–water partition coefficient (Wildman–Crippen LogP) is 1.93. The fourth-order valence-corrected chi connectivity index (χ4v) is 3.54. The van der Waals surface area contributed by atoms with Crippen molar-refractivity contribution in [2.24, 2.45) is 0 Å². The Hall–Kier alpha value is -0.160. The molecule has 0 aromatic carbocycles. The van der Waals surface area contributed by atoms with Gasteiger partial charge in [0, 0.05) is 11.6 Å². The number of nitrogens with zero attached hydrogens (tertiary/aromatic N) is 2. The molecule has 1 atom stereocenters. The first-order valence-electron chi connectivity index (χ1n) is 8.89. The van der Waals surface area contributed by atoms with Crippen molar-refractivity contribution in [1.82, 2.24) is 15.1 Å². The molecule has 1 fully saturated rings. The van der Waals surface area contributed by atoms with E-state index in [0.29, 0.717) is 0 Å². The Kier molecular flexibility index (Phi) is 8.79. The lowest BCUT2D eigenvalue weighted by Crippen LogP contribution is -2.49. The zero-order valence-corrected chi connectivity index (χ0v) is 14.7. The van der Waals surface area contributed by atoms with E-state index in [1.54, 1.807) is 0 Å². The first-order chi connectivity index (χ1) is 10.1. The van der Waals surface area contributed by atoms with Crippen LogP contribution < -0.4 is 5.32 Å². The summed E-state index contributed by atoms with van der Waals surface area (Å²) < 4.78 is 0. The molecule has 0 spiro atoms. The van der Waals surface area contributed by atoms with E-state index in [2.05, 4.69) is 42.9 Å². The average Bonchev–Trinajstić information content (AvgIpc) is 2.54. The number of hydrogen-bond donors (Lipinski definition) is 2. The Morgan fingerprint density at radius 1 is 1.24 bits per heavy atom. The smallest absolute Gasteiger partial charge is 0.0613 e. The van der Waals surface area contributed by atoms with Gasteiger partial charge in [0.05, 0.1) is 6.61 Å². The summed E-state index contributed by atoms with van der Waals surface area (Å²) in [6.45, 7) is 12.5. The van der Waals surface area contributed by atoms with Crippen LogP contribution in [-0.2, 0) is 0 Å². The third-order valence-electron chi connectivity index (χ3n) is 5.33. The van der Waals surface area contributed by atoms with Gasteiger partial charge in [-0.05, 0) is 71.9 Å². The molecule has 1 rings (SSSR count). The molecular formula is C17H37N3O. The van der Waals surface area contributed by atoms with E-state index in [1.165, 1.54) is 32.5 Å². The van der Waals surface area contributed by atoms with Gasteiger partial charge >= 0.3 is 0 Å². The van der Waals surface area contributed by atoms with E-state index in [0.717, 1.165) is 38.4 Å². The van der Waals surface area contributed by atoms with Crippen LogP contribution in [0.3, 0.4) is 0 Å². The van der Waals surface area contributed by atoms with Crippen molar-refractivity contribution in [3.8, 4) is 0 Å². The van der Waals surface area contributed by atoms with Crippen molar-refractivity contribution >= 4 is 0 Å². The minimum Gasteiger partial charge on any atom is -0.394 e. The summed E-state index contributed by atoms with van der Waals surface area (Å²) in [5, 5.41) is 13.2. The van der Waals surface area contributed by atoms with Gasteiger partial charge in [0.1, 0.15) is 0 Å². The molecule has 1 heterocycles. The summed E-state index contributed by atoms with van der Waals surface area (Å²) in [4.78, 5) is 5.08. The van der Waals surface area contributed by atoms with E-state index in [9.17, 15) is 5.11 Å². The average molecular weight is 300 g/mol. The Labute approximate surface area is 131 Å². The Bertz CT molecular complexity index is 261. The zero-order valence-electron chi connectivity index (χ0n) is 14.7. The minimum atomic E-state index is -0.0683. The quantitative estimate of drug-likeness (QED) is 0.646. The minimum absolute atomic E-state index is 0.0683. The van der Waals surface area contributed by atoms with Crippen LogP contribution in [0.2, 0.25) is 0 Å². The second-order valence-electron chi connectivity index (χ2n) is 6.57. The Morgan fingerprint density at radius 3 is 2.38 bits per heavy atom. The molecule has 0 radical (unpaired) electrons.